The first-order valence-electron chi connectivity index (χ1n) is 8.72. The third-order valence-corrected chi connectivity index (χ3v) is 5.39. The van der Waals surface area contributed by atoms with Gasteiger partial charge in [0.2, 0.25) is 5.91 Å². The van der Waals surface area contributed by atoms with Crippen molar-refractivity contribution < 1.29 is 4.79 Å². The van der Waals surface area contributed by atoms with Crippen LogP contribution in [0, 0.1) is 11.8 Å². The van der Waals surface area contributed by atoms with Gasteiger partial charge in [0.25, 0.3) is 0 Å². The Hall–Kier alpha value is -0.0300. The predicted octanol–water partition coefficient (Wildman–Crippen LogP) is 2.84. The van der Waals surface area contributed by atoms with E-state index in [9.17, 15) is 4.79 Å². The average Bonchev–Trinajstić information content (AvgIpc) is 2.48. The number of piperidine rings is 1. The van der Waals surface area contributed by atoms with Gasteiger partial charge in [-0.25, -0.2) is 0 Å². The van der Waals surface area contributed by atoms with Crippen LogP contribution in [-0.2, 0) is 4.79 Å². The lowest BCUT2D eigenvalue weighted by Gasteiger charge is -2.34. The van der Waals surface area contributed by atoms with Crippen molar-refractivity contribution in [3.8, 4) is 0 Å². The number of amides is 1. The van der Waals surface area contributed by atoms with Gasteiger partial charge in [0.15, 0.2) is 0 Å². The number of carbonyl (C=O) groups excluding carboxylic acids is 1. The van der Waals surface area contributed by atoms with E-state index in [-0.39, 0.29) is 30.7 Å². The van der Waals surface area contributed by atoms with Gasteiger partial charge in [0.1, 0.15) is 0 Å². The van der Waals surface area contributed by atoms with E-state index in [4.69, 9.17) is 0 Å². The fraction of sp³-hybridized carbons (Fsp3) is 0.941. The molecule has 6 heteroatoms. The summed E-state index contributed by atoms with van der Waals surface area (Å²) in [4.78, 5) is 14.6. The van der Waals surface area contributed by atoms with Crippen molar-refractivity contribution in [1.29, 1.82) is 0 Å². The Labute approximate surface area is 154 Å². The van der Waals surface area contributed by atoms with Gasteiger partial charge in [-0.2, -0.15) is 0 Å². The molecule has 0 aromatic heterocycles. The molecule has 2 rings (SSSR count). The molecule has 138 valence electrons. The quantitative estimate of drug-likeness (QED) is 0.784. The Morgan fingerprint density at radius 3 is 2.57 bits per heavy atom. The highest BCUT2D eigenvalue weighted by molar-refractivity contribution is 5.85. The summed E-state index contributed by atoms with van der Waals surface area (Å²) in [5.74, 6) is 1.42. The van der Waals surface area contributed by atoms with Crippen LogP contribution in [-0.4, -0.2) is 50.1 Å². The zero-order chi connectivity index (χ0) is 15.2. The van der Waals surface area contributed by atoms with Crippen molar-refractivity contribution in [3.63, 3.8) is 0 Å². The fourth-order valence-electron chi connectivity index (χ4n) is 3.87. The normalized spacial score (nSPS) is 29.1. The zero-order valence-electron chi connectivity index (χ0n) is 14.8. The first-order chi connectivity index (χ1) is 10.1. The standard InChI is InChI=1S/C17H33N3O.2ClH/c1-13(14-6-5-9-18-12-14)10-17(21)19-15-7-4-8-16(11-15)20(2)3;;/h13-16,18H,4-12H2,1-3H3,(H,19,21);2*1H. The minimum Gasteiger partial charge on any atom is -0.353 e. The Balaban J connectivity index is 0.00000242. The SMILES string of the molecule is CC(CC(=O)NC1CCCC(N(C)C)C1)C1CCCNC1.Cl.Cl. The van der Waals surface area contributed by atoms with E-state index < -0.39 is 0 Å². The molecular weight excluding hydrogens is 333 g/mol. The minimum atomic E-state index is 0. The van der Waals surface area contributed by atoms with Crippen molar-refractivity contribution in [3.05, 3.63) is 0 Å². The van der Waals surface area contributed by atoms with E-state index in [0.29, 0.717) is 30.3 Å². The Bertz CT molecular complexity index is 336. The first kappa shape index (κ1) is 23.0. The molecule has 1 aliphatic heterocycles. The van der Waals surface area contributed by atoms with Gasteiger partial charge in [-0.1, -0.05) is 6.92 Å². The van der Waals surface area contributed by atoms with E-state index >= 15 is 0 Å². The number of nitrogens with one attached hydrogen (secondary N) is 2. The molecular formula is C17H35Cl2N3O. The molecule has 1 heterocycles. The molecule has 2 fully saturated rings. The van der Waals surface area contributed by atoms with Crippen LogP contribution >= 0.6 is 24.8 Å². The lowest BCUT2D eigenvalue weighted by atomic mass is 9.85. The highest BCUT2D eigenvalue weighted by atomic mass is 35.5. The number of rotatable bonds is 5. The van der Waals surface area contributed by atoms with E-state index in [1.165, 1.54) is 25.7 Å². The molecule has 1 saturated heterocycles. The Kier molecular flexibility index (Phi) is 11.5. The molecule has 0 radical (unpaired) electrons. The maximum atomic E-state index is 12.3. The van der Waals surface area contributed by atoms with Crippen LogP contribution in [0.15, 0.2) is 0 Å². The number of hydrogen-bond acceptors (Lipinski definition) is 3. The molecule has 23 heavy (non-hydrogen) atoms. The third kappa shape index (κ3) is 7.59. The molecule has 4 nitrogen and oxygen atoms in total. The van der Waals surface area contributed by atoms with Crippen LogP contribution in [0.4, 0.5) is 0 Å². The molecule has 0 bridgehead atoms. The van der Waals surface area contributed by atoms with Gasteiger partial charge in [-0.15, -0.1) is 24.8 Å². The monoisotopic (exact) mass is 367 g/mol. The van der Waals surface area contributed by atoms with Crippen LogP contribution in [0.25, 0.3) is 0 Å². The van der Waals surface area contributed by atoms with Crippen LogP contribution in [0.2, 0.25) is 0 Å². The van der Waals surface area contributed by atoms with Gasteiger partial charge >= 0.3 is 0 Å². The highest BCUT2D eigenvalue weighted by Crippen LogP contribution is 2.24. The number of hydrogen-bond donors (Lipinski definition) is 2. The average molecular weight is 368 g/mol. The smallest absolute Gasteiger partial charge is 0.220 e. The largest absolute Gasteiger partial charge is 0.353 e. The summed E-state index contributed by atoms with van der Waals surface area (Å²) in [5.41, 5.74) is 0. The topological polar surface area (TPSA) is 44.4 Å². The second kappa shape index (κ2) is 11.5. The summed E-state index contributed by atoms with van der Waals surface area (Å²) in [6.07, 6.45) is 7.97. The molecule has 0 aromatic rings. The van der Waals surface area contributed by atoms with E-state index in [0.717, 1.165) is 25.9 Å². The molecule has 1 saturated carbocycles. The maximum Gasteiger partial charge on any atom is 0.220 e. The molecule has 2 N–H and O–H groups in total. The molecule has 4 unspecified atom stereocenters. The molecule has 2 aliphatic rings. The summed E-state index contributed by atoms with van der Waals surface area (Å²) in [6.45, 7) is 4.46. The van der Waals surface area contributed by atoms with E-state index in [1.807, 2.05) is 0 Å². The maximum absolute atomic E-state index is 12.3. The van der Waals surface area contributed by atoms with Crippen LogP contribution in [0.3, 0.4) is 0 Å². The highest BCUT2D eigenvalue weighted by Gasteiger charge is 2.26. The van der Waals surface area contributed by atoms with Crippen LogP contribution in [0.5, 0.6) is 0 Å². The summed E-state index contributed by atoms with van der Waals surface area (Å²) >= 11 is 0. The van der Waals surface area contributed by atoms with Gasteiger partial charge < -0.3 is 15.5 Å². The van der Waals surface area contributed by atoms with Gasteiger partial charge in [-0.3, -0.25) is 4.79 Å². The van der Waals surface area contributed by atoms with Crippen molar-refractivity contribution in [2.75, 3.05) is 27.2 Å². The third-order valence-electron chi connectivity index (χ3n) is 5.39. The van der Waals surface area contributed by atoms with Crippen molar-refractivity contribution in [1.82, 2.24) is 15.5 Å². The number of halogens is 2. The number of nitrogens with zero attached hydrogens (tertiary/aromatic N) is 1. The molecule has 1 aliphatic carbocycles. The summed E-state index contributed by atoms with van der Waals surface area (Å²) in [7, 11) is 4.29. The van der Waals surface area contributed by atoms with Gasteiger partial charge in [0.05, 0.1) is 0 Å². The predicted molar refractivity (Wildman–Crippen MR) is 102 cm³/mol. The lowest BCUT2D eigenvalue weighted by molar-refractivity contribution is -0.123. The fourth-order valence-corrected chi connectivity index (χ4v) is 3.87. The van der Waals surface area contributed by atoms with E-state index in [2.05, 4.69) is 36.6 Å². The van der Waals surface area contributed by atoms with Crippen molar-refractivity contribution >= 4 is 30.7 Å². The molecule has 4 atom stereocenters. The van der Waals surface area contributed by atoms with Crippen LogP contribution < -0.4 is 10.6 Å². The second-order valence-corrected chi connectivity index (χ2v) is 7.34. The van der Waals surface area contributed by atoms with Crippen molar-refractivity contribution in [2.24, 2.45) is 11.8 Å². The minimum absolute atomic E-state index is 0. The molecule has 0 spiro atoms. The van der Waals surface area contributed by atoms with Crippen LogP contribution in [0.1, 0.15) is 51.9 Å². The van der Waals surface area contributed by atoms with Crippen molar-refractivity contribution in [2.45, 2.75) is 64.0 Å². The molecule has 1 amide bonds. The summed E-state index contributed by atoms with van der Waals surface area (Å²) < 4.78 is 0. The zero-order valence-corrected chi connectivity index (χ0v) is 16.5. The Morgan fingerprint density at radius 2 is 1.96 bits per heavy atom. The van der Waals surface area contributed by atoms with Gasteiger partial charge in [-0.05, 0) is 77.5 Å². The van der Waals surface area contributed by atoms with E-state index in [1.54, 1.807) is 0 Å². The summed E-state index contributed by atoms with van der Waals surface area (Å²) in [6, 6.07) is 1.01. The number of carbonyl (C=O) groups is 1. The first-order valence-corrected chi connectivity index (χ1v) is 8.72. The second-order valence-electron chi connectivity index (χ2n) is 7.34. The van der Waals surface area contributed by atoms with Gasteiger partial charge in [0, 0.05) is 18.5 Å². The lowest BCUT2D eigenvalue weighted by Crippen LogP contribution is -2.44. The Morgan fingerprint density at radius 1 is 1.22 bits per heavy atom. The summed E-state index contributed by atoms with van der Waals surface area (Å²) in [5, 5.41) is 6.74. The molecule has 0 aromatic carbocycles.